The zero-order valence-electron chi connectivity index (χ0n) is 19.2. The number of aromatic amines is 2. The van der Waals surface area contributed by atoms with Gasteiger partial charge in [-0.1, -0.05) is 19.1 Å². The number of halogens is 1. The molecule has 6 aromatic rings. The van der Waals surface area contributed by atoms with Gasteiger partial charge in [0.05, 0.1) is 46.7 Å². The summed E-state index contributed by atoms with van der Waals surface area (Å²) < 4.78 is 13.4. The molecule has 0 aliphatic rings. The van der Waals surface area contributed by atoms with Gasteiger partial charge in [0.25, 0.3) is 0 Å². The van der Waals surface area contributed by atoms with Gasteiger partial charge in [0.2, 0.25) is 5.91 Å². The summed E-state index contributed by atoms with van der Waals surface area (Å²) in [6, 6.07) is 12.2. The molecule has 9 heteroatoms. The lowest BCUT2D eigenvalue weighted by atomic mass is 10.0. The highest BCUT2D eigenvalue weighted by Crippen LogP contribution is 2.34. The second kappa shape index (κ2) is 8.70. The van der Waals surface area contributed by atoms with E-state index in [4.69, 9.17) is 0 Å². The van der Waals surface area contributed by atoms with Crippen molar-refractivity contribution in [2.45, 2.75) is 13.3 Å². The van der Waals surface area contributed by atoms with Crippen molar-refractivity contribution >= 4 is 33.4 Å². The molecule has 0 aliphatic heterocycles. The van der Waals surface area contributed by atoms with Gasteiger partial charge in [-0.3, -0.25) is 24.8 Å². The Bertz CT molecular complexity index is 1740. The van der Waals surface area contributed by atoms with Gasteiger partial charge in [0, 0.05) is 40.7 Å². The first-order chi connectivity index (χ1) is 17.6. The van der Waals surface area contributed by atoms with Crippen molar-refractivity contribution in [1.82, 2.24) is 30.1 Å². The van der Waals surface area contributed by atoms with Crippen molar-refractivity contribution in [3.05, 3.63) is 79.3 Å². The fourth-order valence-corrected chi connectivity index (χ4v) is 4.22. The highest BCUT2D eigenvalue weighted by Gasteiger charge is 2.15. The number of hydrogen-bond donors (Lipinski definition) is 3. The van der Waals surface area contributed by atoms with E-state index in [9.17, 15) is 9.18 Å². The zero-order chi connectivity index (χ0) is 24.6. The van der Waals surface area contributed by atoms with Crippen LogP contribution in [0.3, 0.4) is 0 Å². The second-order valence-corrected chi connectivity index (χ2v) is 8.39. The van der Waals surface area contributed by atoms with Crippen LogP contribution in [0.5, 0.6) is 0 Å². The Balaban J connectivity index is 1.42. The van der Waals surface area contributed by atoms with Crippen LogP contribution in [0, 0.1) is 5.82 Å². The van der Waals surface area contributed by atoms with E-state index in [1.54, 1.807) is 50.0 Å². The lowest BCUT2D eigenvalue weighted by molar-refractivity contribution is -0.115. The quantitative estimate of drug-likeness (QED) is 0.294. The summed E-state index contributed by atoms with van der Waals surface area (Å²) in [4.78, 5) is 28.4. The maximum absolute atomic E-state index is 13.4. The standard InChI is InChI=1S/C27H20FN7O/c1-2-26(36)32-18-7-16(10-29-11-18)22-9-20-25(14-31-22)34-35-27(20)23-8-19-21(12-30-13-24(19)33-23)15-3-5-17(28)6-4-15/h3-14,33H,2H2,1H3,(H,32,36)(H,34,35). The second-order valence-electron chi connectivity index (χ2n) is 8.39. The highest BCUT2D eigenvalue weighted by atomic mass is 19.1. The fraction of sp³-hybridized carbons (Fsp3) is 0.0741. The van der Waals surface area contributed by atoms with Gasteiger partial charge >= 0.3 is 0 Å². The van der Waals surface area contributed by atoms with E-state index >= 15 is 0 Å². The van der Waals surface area contributed by atoms with Gasteiger partial charge in [-0.15, -0.1) is 0 Å². The maximum Gasteiger partial charge on any atom is 0.224 e. The number of carbonyl (C=O) groups is 1. The molecule has 0 saturated heterocycles. The smallest absolute Gasteiger partial charge is 0.224 e. The number of aromatic nitrogens is 6. The summed E-state index contributed by atoms with van der Waals surface area (Å²) in [7, 11) is 0. The van der Waals surface area contributed by atoms with E-state index in [1.165, 1.54) is 12.1 Å². The molecule has 0 aliphatic carbocycles. The number of nitrogens with zero attached hydrogens (tertiary/aromatic N) is 4. The monoisotopic (exact) mass is 477 g/mol. The number of amides is 1. The van der Waals surface area contributed by atoms with Crippen LogP contribution < -0.4 is 5.32 Å². The maximum atomic E-state index is 13.4. The molecule has 0 radical (unpaired) electrons. The third-order valence-corrected chi connectivity index (χ3v) is 6.04. The SMILES string of the molecule is CCC(=O)Nc1cncc(-c2cc3c(-c4cc5c(-c6ccc(F)cc6)cncc5[nH]4)n[nH]c3cn2)c1. The predicted molar refractivity (Wildman–Crippen MR) is 137 cm³/mol. The average Bonchev–Trinajstić information content (AvgIpc) is 3.53. The molecule has 3 N–H and O–H groups in total. The third-order valence-electron chi connectivity index (χ3n) is 6.04. The number of benzene rings is 1. The molecule has 0 spiro atoms. The predicted octanol–water partition coefficient (Wildman–Crippen LogP) is 5.72. The number of H-pyrrole nitrogens is 2. The van der Waals surface area contributed by atoms with E-state index in [-0.39, 0.29) is 11.7 Å². The lowest BCUT2D eigenvalue weighted by Gasteiger charge is -2.06. The Labute approximate surface area is 204 Å². The molecule has 36 heavy (non-hydrogen) atoms. The minimum Gasteiger partial charge on any atom is -0.352 e. The summed E-state index contributed by atoms with van der Waals surface area (Å²) in [6.45, 7) is 1.80. The normalized spacial score (nSPS) is 11.3. The first-order valence-corrected chi connectivity index (χ1v) is 11.4. The van der Waals surface area contributed by atoms with Gasteiger partial charge in [-0.2, -0.15) is 5.10 Å². The van der Waals surface area contributed by atoms with E-state index < -0.39 is 0 Å². The number of carbonyl (C=O) groups excluding carboxylic acids is 1. The van der Waals surface area contributed by atoms with E-state index in [0.29, 0.717) is 17.8 Å². The average molecular weight is 478 g/mol. The van der Waals surface area contributed by atoms with Gasteiger partial charge in [-0.25, -0.2) is 4.39 Å². The minimum absolute atomic E-state index is 0.0808. The molecule has 0 unspecified atom stereocenters. The summed E-state index contributed by atoms with van der Waals surface area (Å²) in [5.41, 5.74) is 7.05. The number of anilines is 1. The molecule has 0 bridgehead atoms. The highest BCUT2D eigenvalue weighted by molar-refractivity contribution is 6.01. The topological polar surface area (TPSA) is 112 Å². The first-order valence-electron chi connectivity index (χ1n) is 11.4. The van der Waals surface area contributed by atoms with Crippen LogP contribution in [0.2, 0.25) is 0 Å². The van der Waals surface area contributed by atoms with Crippen LogP contribution in [0.15, 0.2) is 73.4 Å². The van der Waals surface area contributed by atoms with Gasteiger partial charge in [0.1, 0.15) is 11.5 Å². The molecular formula is C27H20FN7O. The Morgan fingerprint density at radius 2 is 1.75 bits per heavy atom. The molecule has 0 saturated carbocycles. The van der Waals surface area contributed by atoms with Crippen molar-refractivity contribution in [3.63, 3.8) is 0 Å². The van der Waals surface area contributed by atoms with Crippen molar-refractivity contribution in [2.75, 3.05) is 5.32 Å². The van der Waals surface area contributed by atoms with Crippen molar-refractivity contribution in [2.24, 2.45) is 0 Å². The molecule has 176 valence electrons. The number of fused-ring (bicyclic) bond motifs is 2. The van der Waals surface area contributed by atoms with Gasteiger partial charge < -0.3 is 10.3 Å². The summed E-state index contributed by atoms with van der Waals surface area (Å²) >= 11 is 0. The molecule has 8 nitrogen and oxygen atoms in total. The van der Waals surface area contributed by atoms with Crippen LogP contribution in [-0.4, -0.2) is 36.0 Å². The third kappa shape index (κ3) is 3.86. The summed E-state index contributed by atoms with van der Waals surface area (Å²) in [5.74, 6) is -0.364. The van der Waals surface area contributed by atoms with Crippen LogP contribution in [0.4, 0.5) is 10.1 Å². The van der Waals surface area contributed by atoms with Gasteiger partial charge in [0.15, 0.2) is 0 Å². The van der Waals surface area contributed by atoms with Crippen molar-refractivity contribution in [1.29, 1.82) is 0 Å². The number of nitrogens with one attached hydrogen (secondary N) is 3. The van der Waals surface area contributed by atoms with Crippen LogP contribution in [0.25, 0.3) is 55.6 Å². The Morgan fingerprint density at radius 3 is 2.58 bits per heavy atom. The Hall–Kier alpha value is -4.92. The minimum atomic E-state index is -0.283. The van der Waals surface area contributed by atoms with Crippen LogP contribution in [0.1, 0.15) is 13.3 Å². The lowest BCUT2D eigenvalue weighted by Crippen LogP contribution is -2.09. The fourth-order valence-electron chi connectivity index (χ4n) is 4.22. The number of hydrogen-bond acceptors (Lipinski definition) is 5. The number of rotatable bonds is 5. The van der Waals surface area contributed by atoms with Crippen molar-refractivity contribution in [3.8, 4) is 33.8 Å². The van der Waals surface area contributed by atoms with E-state index in [2.05, 4.69) is 35.5 Å². The largest absolute Gasteiger partial charge is 0.352 e. The zero-order valence-corrected chi connectivity index (χ0v) is 19.2. The molecular weight excluding hydrogens is 457 g/mol. The Morgan fingerprint density at radius 1 is 0.917 bits per heavy atom. The molecule has 5 heterocycles. The summed E-state index contributed by atoms with van der Waals surface area (Å²) in [6.07, 6.45) is 8.96. The van der Waals surface area contributed by atoms with Crippen LogP contribution >= 0.6 is 0 Å². The van der Waals surface area contributed by atoms with Crippen LogP contribution in [-0.2, 0) is 4.79 Å². The molecule has 1 aromatic carbocycles. The Kier molecular flexibility index (Phi) is 5.22. The van der Waals surface area contributed by atoms with E-state index in [1.807, 2.05) is 18.2 Å². The molecule has 5 aromatic heterocycles. The van der Waals surface area contributed by atoms with Crippen molar-refractivity contribution < 1.29 is 9.18 Å². The number of pyridine rings is 3. The molecule has 1 amide bonds. The molecule has 0 fully saturated rings. The van der Waals surface area contributed by atoms with E-state index in [0.717, 1.165) is 49.9 Å². The molecule has 6 rings (SSSR count). The first kappa shape index (κ1) is 21.6. The van der Waals surface area contributed by atoms with Gasteiger partial charge in [-0.05, 0) is 35.9 Å². The molecule has 0 atom stereocenters. The summed E-state index contributed by atoms with van der Waals surface area (Å²) in [5, 5.41) is 12.3.